The fourth-order valence-corrected chi connectivity index (χ4v) is 2.56. The standard InChI is InChI=1S/C21H29NO/c1-3-5-16-22(17-6-4-2)20-12-14-21(15-13-20)23-18-19-10-8-7-9-11-19/h7-15H,3-6,16-18H2,1-2H3. The first-order chi connectivity index (χ1) is 11.3. The molecule has 0 N–H and O–H groups in total. The third-order valence-corrected chi connectivity index (χ3v) is 4.01. The number of nitrogens with zero attached hydrogens (tertiary/aromatic N) is 1. The molecule has 124 valence electrons. The maximum absolute atomic E-state index is 5.87. The first kappa shape index (κ1) is 17.4. The fraction of sp³-hybridized carbons (Fsp3) is 0.429. The minimum atomic E-state index is 0.621. The van der Waals surface area contributed by atoms with Crippen LogP contribution < -0.4 is 9.64 Å². The molecule has 0 aliphatic heterocycles. The van der Waals surface area contributed by atoms with Gasteiger partial charge >= 0.3 is 0 Å². The highest BCUT2D eigenvalue weighted by atomic mass is 16.5. The summed E-state index contributed by atoms with van der Waals surface area (Å²) in [5.41, 5.74) is 2.50. The zero-order valence-corrected chi connectivity index (χ0v) is 14.5. The summed E-state index contributed by atoms with van der Waals surface area (Å²) in [5.74, 6) is 0.934. The van der Waals surface area contributed by atoms with Crippen molar-refractivity contribution in [3.8, 4) is 5.75 Å². The van der Waals surface area contributed by atoms with E-state index < -0.39 is 0 Å². The molecule has 2 nitrogen and oxygen atoms in total. The maximum atomic E-state index is 5.87. The topological polar surface area (TPSA) is 12.5 Å². The Bertz CT molecular complexity index is 528. The Morgan fingerprint density at radius 3 is 1.96 bits per heavy atom. The average molecular weight is 311 g/mol. The Labute approximate surface area is 141 Å². The normalized spacial score (nSPS) is 10.5. The van der Waals surface area contributed by atoms with Crippen LogP contribution in [0.3, 0.4) is 0 Å². The minimum Gasteiger partial charge on any atom is -0.489 e. The highest BCUT2D eigenvalue weighted by Gasteiger charge is 2.06. The number of hydrogen-bond donors (Lipinski definition) is 0. The van der Waals surface area contributed by atoms with Gasteiger partial charge in [0.2, 0.25) is 0 Å². The second-order valence-electron chi connectivity index (χ2n) is 5.96. The highest BCUT2D eigenvalue weighted by Crippen LogP contribution is 2.21. The molecule has 0 fully saturated rings. The lowest BCUT2D eigenvalue weighted by atomic mass is 10.2. The monoisotopic (exact) mass is 311 g/mol. The van der Waals surface area contributed by atoms with E-state index in [4.69, 9.17) is 4.74 Å². The summed E-state index contributed by atoms with van der Waals surface area (Å²) in [6.45, 7) is 7.40. The van der Waals surface area contributed by atoms with Crippen molar-refractivity contribution in [3.63, 3.8) is 0 Å². The Kier molecular flexibility index (Phi) is 7.51. The smallest absolute Gasteiger partial charge is 0.119 e. The fourth-order valence-electron chi connectivity index (χ4n) is 2.56. The Morgan fingerprint density at radius 1 is 0.783 bits per heavy atom. The van der Waals surface area contributed by atoms with Crippen LogP contribution >= 0.6 is 0 Å². The first-order valence-corrected chi connectivity index (χ1v) is 8.85. The summed E-state index contributed by atoms with van der Waals surface area (Å²) in [6.07, 6.45) is 4.97. The largest absolute Gasteiger partial charge is 0.489 e. The van der Waals surface area contributed by atoms with Crippen molar-refractivity contribution in [2.75, 3.05) is 18.0 Å². The molecule has 0 saturated carbocycles. The number of ether oxygens (including phenoxy) is 1. The van der Waals surface area contributed by atoms with E-state index in [1.54, 1.807) is 0 Å². The number of benzene rings is 2. The van der Waals surface area contributed by atoms with Crippen LogP contribution in [0.1, 0.15) is 45.1 Å². The summed E-state index contributed by atoms with van der Waals surface area (Å²) >= 11 is 0. The Balaban J connectivity index is 1.93. The van der Waals surface area contributed by atoms with Gasteiger partial charge in [-0.15, -0.1) is 0 Å². The van der Waals surface area contributed by atoms with Gasteiger partial charge in [-0.1, -0.05) is 57.0 Å². The van der Waals surface area contributed by atoms with E-state index >= 15 is 0 Å². The molecule has 0 heterocycles. The second-order valence-corrected chi connectivity index (χ2v) is 5.96. The third kappa shape index (κ3) is 5.97. The second kappa shape index (κ2) is 9.94. The molecule has 0 aliphatic carbocycles. The van der Waals surface area contributed by atoms with E-state index in [1.165, 1.54) is 36.9 Å². The maximum Gasteiger partial charge on any atom is 0.119 e. The van der Waals surface area contributed by atoms with E-state index in [0.29, 0.717) is 6.61 Å². The zero-order chi connectivity index (χ0) is 16.3. The molecule has 0 aliphatic rings. The number of rotatable bonds is 10. The van der Waals surface area contributed by atoms with Gasteiger partial charge in [0.25, 0.3) is 0 Å². The van der Waals surface area contributed by atoms with Crippen LogP contribution in [0.25, 0.3) is 0 Å². The van der Waals surface area contributed by atoms with Crippen LogP contribution in [0.15, 0.2) is 54.6 Å². The van der Waals surface area contributed by atoms with E-state index in [1.807, 2.05) is 18.2 Å². The van der Waals surface area contributed by atoms with Gasteiger partial charge in [-0.2, -0.15) is 0 Å². The molecule has 0 unspecified atom stereocenters. The molecule has 0 saturated heterocycles. The van der Waals surface area contributed by atoms with Gasteiger partial charge in [0.05, 0.1) is 0 Å². The van der Waals surface area contributed by atoms with E-state index in [-0.39, 0.29) is 0 Å². The number of unbranched alkanes of at least 4 members (excludes halogenated alkanes) is 2. The van der Waals surface area contributed by atoms with Gasteiger partial charge in [0.15, 0.2) is 0 Å². The van der Waals surface area contributed by atoms with Gasteiger partial charge in [-0.3, -0.25) is 0 Å². The van der Waals surface area contributed by atoms with E-state index in [0.717, 1.165) is 18.8 Å². The van der Waals surface area contributed by atoms with Crippen LogP contribution in [-0.4, -0.2) is 13.1 Å². The van der Waals surface area contributed by atoms with Crippen LogP contribution in [-0.2, 0) is 6.61 Å². The van der Waals surface area contributed by atoms with Gasteiger partial charge < -0.3 is 9.64 Å². The van der Waals surface area contributed by atoms with Crippen LogP contribution in [0.2, 0.25) is 0 Å². The molecular formula is C21H29NO. The number of hydrogen-bond acceptors (Lipinski definition) is 2. The lowest BCUT2D eigenvalue weighted by molar-refractivity contribution is 0.306. The summed E-state index contributed by atoms with van der Waals surface area (Å²) in [5, 5.41) is 0. The lowest BCUT2D eigenvalue weighted by Gasteiger charge is -2.25. The van der Waals surface area contributed by atoms with Crippen LogP contribution in [0.5, 0.6) is 5.75 Å². The third-order valence-electron chi connectivity index (χ3n) is 4.01. The molecule has 0 aromatic heterocycles. The highest BCUT2D eigenvalue weighted by molar-refractivity contribution is 5.49. The summed E-state index contributed by atoms with van der Waals surface area (Å²) in [4.78, 5) is 2.49. The molecule has 0 amide bonds. The van der Waals surface area contributed by atoms with Crippen molar-refractivity contribution in [1.29, 1.82) is 0 Å². The zero-order valence-electron chi connectivity index (χ0n) is 14.5. The van der Waals surface area contributed by atoms with Crippen molar-refractivity contribution in [2.45, 2.75) is 46.1 Å². The molecule has 2 heteroatoms. The number of anilines is 1. The van der Waals surface area contributed by atoms with Crippen LogP contribution in [0.4, 0.5) is 5.69 Å². The predicted octanol–water partition coefficient (Wildman–Crippen LogP) is 5.67. The molecule has 0 atom stereocenters. The van der Waals surface area contributed by atoms with Gasteiger partial charge in [0, 0.05) is 18.8 Å². The van der Waals surface area contributed by atoms with Crippen molar-refractivity contribution in [1.82, 2.24) is 0 Å². The first-order valence-electron chi connectivity index (χ1n) is 8.85. The van der Waals surface area contributed by atoms with Gasteiger partial charge in [0.1, 0.15) is 12.4 Å². The molecule has 0 radical (unpaired) electrons. The van der Waals surface area contributed by atoms with Crippen molar-refractivity contribution >= 4 is 5.69 Å². The summed E-state index contributed by atoms with van der Waals surface area (Å²) in [7, 11) is 0. The molecule has 2 aromatic carbocycles. The predicted molar refractivity (Wildman–Crippen MR) is 99.2 cm³/mol. The minimum absolute atomic E-state index is 0.621. The van der Waals surface area contributed by atoms with Crippen LogP contribution in [0, 0.1) is 0 Å². The molecule has 23 heavy (non-hydrogen) atoms. The Morgan fingerprint density at radius 2 is 1.39 bits per heavy atom. The average Bonchev–Trinajstić information content (AvgIpc) is 2.62. The quantitative estimate of drug-likeness (QED) is 0.560. The van der Waals surface area contributed by atoms with E-state index in [9.17, 15) is 0 Å². The summed E-state index contributed by atoms with van der Waals surface area (Å²) < 4.78 is 5.87. The van der Waals surface area contributed by atoms with Crippen molar-refractivity contribution in [2.24, 2.45) is 0 Å². The molecule has 2 rings (SSSR count). The molecule has 0 bridgehead atoms. The van der Waals surface area contributed by atoms with E-state index in [2.05, 4.69) is 55.1 Å². The SMILES string of the molecule is CCCCN(CCCC)c1ccc(OCc2ccccc2)cc1. The molecular weight excluding hydrogens is 282 g/mol. The van der Waals surface area contributed by atoms with Crippen molar-refractivity contribution in [3.05, 3.63) is 60.2 Å². The summed E-state index contributed by atoms with van der Waals surface area (Å²) in [6, 6.07) is 18.8. The molecule has 0 spiro atoms. The molecule has 2 aromatic rings. The van der Waals surface area contributed by atoms with Gasteiger partial charge in [-0.05, 0) is 42.7 Å². The van der Waals surface area contributed by atoms with Crippen molar-refractivity contribution < 1.29 is 4.74 Å². The lowest BCUT2D eigenvalue weighted by Crippen LogP contribution is -2.25. The van der Waals surface area contributed by atoms with Gasteiger partial charge in [-0.25, -0.2) is 0 Å². The Hall–Kier alpha value is -1.96.